The van der Waals surface area contributed by atoms with Gasteiger partial charge in [-0.1, -0.05) is 0 Å². The molecule has 2 unspecified atom stereocenters. The molecule has 2 atom stereocenters. The van der Waals surface area contributed by atoms with Crippen molar-refractivity contribution in [3.05, 3.63) is 0 Å². The second kappa shape index (κ2) is 10.6. The number of hydrogen-bond donors (Lipinski definition) is 2. The van der Waals surface area contributed by atoms with Gasteiger partial charge < -0.3 is 20.3 Å². The predicted molar refractivity (Wildman–Crippen MR) is 101 cm³/mol. The van der Waals surface area contributed by atoms with Gasteiger partial charge in [-0.3, -0.25) is 14.7 Å². The molecule has 2 fully saturated rings. The minimum Gasteiger partial charge on any atom is -0.376 e. The molecule has 2 heterocycles. The van der Waals surface area contributed by atoms with Gasteiger partial charge >= 0.3 is 0 Å². The van der Waals surface area contributed by atoms with Gasteiger partial charge in [-0.25, -0.2) is 0 Å². The lowest BCUT2D eigenvalue weighted by Gasteiger charge is -2.26. The quantitative estimate of drug-likeness (QED) is 0.381. The monoisotopic (exact) mass is 353 g/mol. The number of carbonyl (C=O) groups excluding carboxylic acids is 1. The lowest BCUT2D eigenvalue weighted by atomic mass is 10.2. The number of guanidine groups is 1. The molecule has 0 bridgehead atoms. The van der Waals surface area contributed by atoms with E-state index in [1.54, 1.807) is 4.90 Å². The standard InChI is InChI=1S/C18H35N5O2/c1-4-19-18(21-14-15-8-6-13-25-15)20-10-7-12-23-11-5-9-16(23)17(24)22(2)3/h15-16H,4-14H2,1-3H3,(H2,19,20,21). The summed E-state index contributed by atoms with van der Waals surface area (Å²) in [4.78, 5) is 20.9. The number of amides is 1. The Morgan fingerprint density at radius 1 is 1.28 bits per heavy atom. The molecule has 2 rings (SSSR count). The largest absolute Gasteiger partial charge is 0.376 e. The molecule has 0 radical (unpaired) electrons. The molecule has 0 saturated carbocycles. The highest BCUT2D eigenvalue weighted by atomic mass is 16.5. The summed E-state index contributed by atoms with van der Waals surface area (Å²) in [5, 5.41) is 6.68. The van der Waals surface area contributed by atoms with E-state index in [0.717, 1.165) is 77.4 Å². The number of nitrogens with zero attached hydrogens (tertiary/aromatic N) is 3. The van der Waals surface area contributed by atoms with Crippen LogP contribution in [0.15, 0.2) is 4.99 Å². The minimum atomic E-state index is 0.0661. The number of carbonyl (C=O) groups is 1. The highest BCUT2D eigenvalue weighted by Gasteiger charge is 2.30. The van der Waals surface area contributed by atoms with Crippen molar-refractivity contribution >= 4 is 11.9 Å². The fourth-order valence-corrected chi connectivity index (χ4v) is 3.48. The van der Waals surface area contributed by atoms with Crippen LogP contribution in [0.2, 0.25) is 0 Å². The summed E-state index contributed by atoms with van der Waals surface area (Å²) in [5.74, 6) is 1.09. The first-order chi connectivity index (χ1) is 12.1. The average Bonchev–Trinajstić information content (AvgIpc) is 3.27. The van der Waals surface area contributed by atoms with E-state index < -0.39 is 0 Å². The summed E-state index contributed by atoms with van der Waals surface area (Å²) in [5.41, 5.74) is 0. The molecule has 25 heavy (non-hydrogen) atoms. The Morgan fingerprint density at radius 2 is 2.12 bits per heavy atom. The summed E-state index contributed by atoms with van der Waals surface area (Å²) in [6, 6.07) is 0.0661. The first kappa shape index (κ1) is 20.0. The van der Waals surface area contributed by atoms with Crippen LogP contribution >= 0.6 is 0 Å². The normalized spacial score (nSPS) is 24.5. The molecular weight excluding hydrogens is 318 g/mol. The molecule has 0 aromatic carbocycles. The van der Waals surface area contributed by atoms with Crippen molar-refractivity contribution in [2.75, 3.05) is 53.4 Å². The third kappa shape index (κ3) is 6.47. The molecule has 144 valence electrons. The van der Waals surface area contributed by atoms with Crippen LogP contribution in [0.3, 0.4) is 0 Å². The number of ether oxygens (including phenoxy) is 1. The summed E-state index contributed by atoms with van der Waals surface area (Å²) in [6.45, 7) is 7.35. The lowest BCUT2D eigenvalue weighted by molar-refractivity contribution is -0.133. The van der Waals surface area contributed by atoms with Crippen molar-refractivity contribution in [3.8, 4) is 0 Å². The molecule has 0 aliphatic carbocycles. The van der Waals surface area contributed by atoms with E-state index in [9.17, 15) is 4.79 Å². The Labute approximate surface area is 152 Å². The predicted octanol–water partition coefficient (Wildman–Crippen LogP) is 0.663. The van der Waals surface area contributed by atoms with Crippen LogP contribution in [-0.2, 0) is 9.53 Å². The maximum atomic E-state index is 12.2. The third-order valence-electron chi connectivity index (χ3n) is 4.83. The van der Waals surface area contributed by atoms with Crippen LogP contribution in [0, 0.1) is 0 Å². The second-order valence-corrected chi connectivity index (χ2v) is 7.06. The van der Waals surface area contributed by atoms with Crippen LogP contribution in [0.4, 0.5) is 0 Å². The van der Waals surface area contributed by atoms with Crippen LogP contribution in [0.25, 0.3) is 0 Å². The highest BCUT2D eigenvalue weighted by molar-refractivity contribution is 5.81. The molecule has 2 aliphatic heterocycles. The van der Waals surface area contributed by atoms with Gasteiger partial charge in [0.05, 0.1) is 18.7 Å². The Morgan fingerprint density at radius 3 is 2.80 bits per heavy atom. The van der Waals surface area contributed by atoms with Gasteiger partial charge in [0.2, 0.25) is 5.91 Å². The van der Waals surface area contributed by atoms with Gasteiger partial charge in [-0.05, 0) is 45.6 Å². The Hall–Kier alpha value is -1.34. The zero-order valence-corrected chi connectivity index (χ0v) is 16.1. The molecule has 2 N–H and O–H groups in total. The highest BCUT2D eigenvalue weighted by Crippen LogP contribution is 2.18. The lowest BCUT2D eigenvalue weighted by Crippen LogP contribution is -2.44. The smallest absolute Gasteiger partial charge is 0.239 e. The van der Waals surface area contributed by atoms with Gasteiger partial charge in [0.1, 0.15) is 0 Å². The molecule has 1 amide bonds. The number of likely N-dealkylation sites (N-methyl/N-ethyl adjacent to an activating group) is 1. The first-order valence-corrected chi connectivity index (χ1v) is 9.70. The molecule has 2 saturated heterocycles. The Bertz CT molecular complexity index is 435. The second-order valence-electron chi connectivity index (χ2n) is 7.06. The number of aliphatic imine (C=N–C) groups is 1. The molecule has 2 aliphatic rings. The average molecular weight is 354 g/mol. The van der Waals surface area contributed by atoms with E-state index in [1.807, 2.05) is 14.1 Å². The number of hydrogen-bond acceptors (Lipinski definition) is 4. The zero-order chi connectivity index (χ0) is 18.1. The van der Waals surface area contributed by atoms with Crippen molar-refractivity contribution in [3.63, 3.8) is 0 Å². The van der Waals surface area contributed by atoms with Gasteiger partial charge in [-0.15, -0.1) is 0 Å². The van der Waals surface area contributed by atoms with Crippen molar-refractivity contribution in [2.24, 2.45) is 4.99 Å². The third-order valence-corrected chi connectivity index (χ3v) is 4.83. The van der Waals surface area contributed by atoms with Crippen LogP contribution in [0.1, 0.15) is 39.0 Å². The van der Waals surface area contributed by atoms with Crippen molar-refractivity contribution in [2.45, 2.75) is 51.2 Å². The van der Waals surface area contributed by atoms with Crippen LogP contribution < -0.4 is 10.6 Å². The van der Waals surface area contributed by atoms with Gasteiger partial charge in [0, 0.05) is 40.3 Å². The summed E-state index contributed by atoms with van der Waals surface area (Å²) < 4.78 is 5.62. The van der Waals surface area contributed by atoms with Gasteiger partial charge in [-0.2, -0.15) is 0 Å². The van der Waals surface area contributed by atoms with Crippen molar-refractivity contribution in [1.29, 1.82) is 0 Å². The molecule has 7 heteroatoms. The fraction of sp³-hybridized carbons (Fsp3) is 0.889. The minimum absolute atomic E-state index is 0.0661. The maximum Gasteiger partial charge on any atom is 0.239 e. The molecular formula is C18H35N5O2. The molecule has 0 spiro atoms. The number of rotatable bonds is 8. The maximum absolute atomic E-state index is 12.2. The zero-order valence-electron chi connectivity index (χ0n) is 16.1. The Balaban J connectivity index is 1.70. The molecule has 0 aromatic heterocycles. The van der Waals surface area contributed by atoms with Gasteiger partial charge in [0.25, 0.3) is 0 Å². The van der Waals surface area contributed by atoms with E-state index in [2.05, 4.69) is 27.4 Å². The number of likely N-dealkylation sites (tertiary alicyclic amines) is 1. The van der Waals surface area contributed by atoms with E-state index in [0.29, 0.717) is 0 Å². The summed E-state index contributed by atoms with van der Waals surface area (Å²) in [6.07, 6.45) is 5.63. The van der Waals surface area contributed by atoms with E-state index in [-0.39, 0.29) is 18.1 Å². The Kier molecular flexibility index (Phi) is 8.48. The first-order valence-electron chi connectivity index (χ1n) is 9.70. The summed E-state index contributed by atoms with van der Waals surface area (Å²) >= 11 is 0. The summed E-state index contributed by atoms with van der Waals surface area (Å²) in [7, 11) is 3.68. The van der Waals surface area contributed by atoms with E-state index in [1.165, 1.54) is 0 Å². The fourth-order valence-electron chi connectivity index (χ4n) is 3.48. The van der Waals surface area contributed by atoms with Crippen LogP contribution in [-0.4, -0.2) is 87.2 Å². The molecule has 7 nitrogen and oxygen atoms in total. The van der Waals surface area contributed by atoms with Crippen molar-refractivity contribution in [1.82, 2.24) is 20.4 Å². The topological polar surface area (TPSA) is 69.2 Å². The molecule has 0 aromatic rings. The van der Waals surface area contributed by atoms with E-state index >= 15 is 0 Å². The van der Waals surface area contributed by atoms with Crippen molar-refractivity contribution < 1.29 is 9.53 Å². The van der Waals surface area contributed by atoms with Crippen LogP contribution in [0.5, 0.6) is 0 Å². The number of nitrogens with one attached hydrogen (secondary N) is 2. The van der Waals surface area contributed by atoms with Gasteiger partial charge in [0.15, 0.2) is 5.96 Å². The SMILES string of the molecule is CCNC(=NCC1CCCO1)NCCCN1CCCC1C(=O)N(C)C. The van der Waals surface area contributed by atoms with E-state index in [4.69, 9.17) is 4.74 Å².